The second-order valence-electron chi connectivity index (χ2n) is 4.51. The minimum absolute atomic E-state index is 0.0292. The molecule has 2 atom stereocenters. The van der Waals surface area contributed by atoms with Crippen molar-refractivity contribution in [1.82, 2.24) is 0 Å². The van der Waals surface area contributed by atoms with E-state index < -0.39 is 17.6 Å². The molecular weight excluding hydrogens is 246 g/mol. The van der Waals surface area contributed by atoms with Gasteiger partial charge in [0.15, 0.2) is 0 Å². The number of alkyl halides is 3. The molecule has 1 N–H and O–H groups in total. The quantitative estimate of drug-likeness (QED) is 0.777. The molecule has 0 fully saturated rings. The third kappa shape index (κ3) is 3.62. The van der Waals surface area contributed by atoms with E-state index in [-0.39, 0.29) is 11.7 Å². The highest BCUT2D eigenvalue weighted by molar-refractivity contribution is 5.47. The summed E-state index contributed by atoms with van der Waals surface area (Å²) in [5.74, 6) is -0.923. The van der Waals surface area contributed by atoms with Crippen LogP contribution in [0.4, 0.5) is 23.2 Å². The largest absolute Gasteiger partial charge is 0.419 e. The predicted octanol–water partition coefficient (Wildman–Crippen LogP) is 4.69. The second-order valence-corrected chi connectivity index (χ2v) is 4.51. The molecule has 1 rings (SSSR count). The number of anilines is 1. The first-order valence-corrected chi connectivity index (χ1v) is 5.89. The van der Waals surface area contributed by atoms with E-state index in [2.05, 4.69) is 5.32 Å². The first-order chi connectivity index (χ1) is 8.25. The SMILES string of the molecule is CCC(C)C(C)Nc1ccc(F)c(C(F)(F)F)c1. The standard InChI is InChI=1S/C13H17F4N/c1-4-8(2)9(3)18-10-5-6-12(14)11(7-10)13(15,16)17/h5-9,18H,4H2,1-3H3. The average molecular weight is 263 g/mol. The highest BCUT2D eigenvalue weighted by Gasteiger charge is 2.34. The minimum atomic E-state index is -4.67. The third-order valence-electron chi connectivity index (χ3n) is 3.16. The third-order valence-corrected chi connectivity index (χ3v) is 3.16. The fraction of sp³-hybridized carbons (Fsp3) is 0.538. The van der Waals surface area contributed by atoms with Crippen molar-refractivity contribution in [3.63, 3.8) is 0 Å². The van der Waals surface area contributed by atoms with Gasteiger partial charge < -0.3 is 5.32 Å². The van der Waals surface area contributed by atoms with Crippen LogP contribution >= 0.6 is 0 Å². The summed E-state index contributed by atoms with van der Waals surface area (Å²) in [6.07, 6.45) is -3.75. The maximum Gasteiger partial charge on any atom is 0.419 e. The monoisotopic (exact) mass is 263 g/mol. The van der Waals surface area contributed by atoms with Crippen molar-refractivity contribution >= 4 is 5.69 Å². The summed E-state index contributed by atoms with van der Waals surface area (Å²) in [7, 11) is 0. The minimum Gasteiger partial charge on any atom is -0.382 e. The van der Waals surface area contributed by atoms with Crippen LogP contribution < -0.4 is 5.32 Å². The molecule has 1 nitrogen and oxygen atoms in total. The molecule has 0 aromatic heterocycles. The molecule has 0 spiro atoms. The van der Waals surface area contributed by atoms with Gasteiger partial charge in [0.25, 0.3) is 0 Å². The van der Waals surface area contributed by atoms with Crippen molar-refractivity contribution in [3.8, 4) is 0 Å². The van der Waals surface area contributed by atoms with Crippen molar-refractivity contribution in [2.45, 2.75) is 39.4 Å². The van der Waals surface area contributed by atoms with Crippen molar-refractivity contribution in [3.05, 3.63) is 29.6 Å². The van der Waals surface area contributed by atoms with E-state index in [1.165, 1.54) is 6.07 Å². The Morgan fingerprint density at radius 2 is 1.83 bits per heavy atom. The molecule has 1 aromatic carbocycles. The Kier molecular flexibility index (Phi) is 4.59. The summed E-state index contributed by atoms with van der Waals surface area (Å²) in [5.41, 5.74) is -0.944. The van der Waals surface area contributed by atoms with Gasteiger partial charge >= 0.3 is 6.18 Å². The van der Waals surface area contributed by atoms with E-state index in [0.29, 0.717) is 5.92 Å². The summed E-state index contributed by atoms with van der Waals surface area (Å²) in [6.45, 7) is 5.91. The van der Waals surface area contributed by atoms with Crippen LogP contribution in [0.15, 0.2) is 18.2 Å². The van der Waals surface area contributed by atoms with Gasteiger partial charge in [-0.3, -0.25) is 0 Å². The Bertz CT molecular complexity index is 400. The molecule has 0 aliphatic carbocycles. The molecule has 0 amide bonds. The Balaban J connectivity index is 2.92. The first kappa shape index (κ1) is 14.8. The predicted molar refractivity (Wildman–Crippen MR) is 63.9 cm³/mol. The lowest BCUT2D eigenvalue weighted by atomic mass is 10.0. The van der Waals surface area contributed by atoms with Crippen LogP contribution in [0.3, 0.4) is 0 Å². The molecule has 0 radical (unpaired) electrons. The zero-order valence-corrected chi connectivity index (χ0v) is 10.6. The van der Waals surface area contributed by atoms with E-state index in [1.807, 2.05) is 20.8 Å². The average Bonchev–Trinajstić information content (AvgIpc) is 2.29. The van der Waals surface area contributed by atoms with E-state index in [1.54, 1.807) is 0 Å². The van der Waals surface area contributed by atoms with Crippen LogP contribution in [0, 0.1) is 11.7 Å². The topological polar surface area (TPSA) is 12.0 Å². The van der Waals surface area contributed by atoms with Crippen molar-refractivity contribution in [1.29, 1.82) is 0 Å². The van der Waals surface area contributed by atoms with Crippen LogP contribution in [0.2, 0.25) is 0 Å². The zero-order valence-electron chi connectivity index (χ0n) is 10.6. The normalized spacial score (nSPS) is 15.3. The van der Waals surface area contributed by atoms with Crippen LogP contribution in [-0.4, -0.2) is 6.04 Å². The molecule has 5 heteroatoms. The maximum absolute atomic E-state index is 13.1. The maximum atomic E-state index is 13.1. The van der Waals surface area contributed by atoms with Crippen LogP contribution in [-0.2, 0) is 6.18 Å². The summed E-state index contributed by atoms with van der Waals surface area (Å²) >= 11 is 0. The molecule has 0 aliphatic heterocycles. The summed E-state index contributed by atoms with van der Waals surface area (Å²) < 4.78 is 50.6. The highest BCUT2D eigenvalue weighted by atomic mass is 19.4. The van der Waals surface area contributed by atoms with Crippen LogP contribution in [0.1, 0.15) is 32.8 Å². The van der Waals surface area contributed by atoms with Crippen LogP contribution in [0.5, 0.6) is 0 Å². The zero-order chi connectivity index (χ0) is 13.9. The van der Waals surface area contributed by atoms with Gasteiger partial charge in [-0.1, -0.05) is 20.3 Å². The Morgan fingerprint density at radius 1 is 1.22 bits per heavy atom. The van der Waals surface area contributed by atoms with Crippen molar-refractivity contribution < 1.29 is 17.6 Å². The fourth-order valence-electron chi connectivity index (χ4n) is 1.59. The molecular formula is C13H17F4N. The fourth-order valence-corrected chi connectivity index (χ4v) is 1.59. The van der Waals surface area contributed by atoms with E-state index >= 15 is 0 Å². The lowest BCUT2D eigenvalue weighted by molar-refractivity contribution is -0.139. The van der Waals surface area contributed by atoms with Gasteiger partial charge in [-0.15, -0.1) is 0 Å². The molecule has 0 heterocycles. The summed E-state index contributed by atoms with van der Waals surface area (Å²) in [4.78, 5) is 0. The van der Waals surface area contributed by atoms with Gasteiger partial charge in [0.05, 0.1) is 5.56 Å². The van der Waals surface area contributed by atoms with Gasteiger partial charge in [-0.05, 0) is 31.0 Å². The smallest absolute Gasteiger partial charge is 0.382 e. The molecule has 0 aliphatic rings. The number of hydrogen-bond donors (Lipinski definition) is 1. The van der Waals surface area contributed by atoms with Gasteiger partial charge in [-0.2, -0.15) is 13.2 Å². The molecule has 102 valence electrons. The van der Waals surface area contributed by atoms with Gasteiger partial charge in [0.2, 0.25) is 0 Å². The molecule has 18 heavy (non-hydrogen) atoms. The van der Waals surface area contributed by atoms with Gasteiger partial charge in [-0.25, -0.2) is 4.39 Å². The highest BCUT2D eigenvalue weighted by Crippen LogP contribution is 2.33. The Labute approximate surface area is 104 Å². The number of halogens is 4. The lowest BCUT2D eigenvalue weighted by Gasteiger charge is -2.21. The van der Waals surface area contributed by atoms with E-state index in [4.69, 9.17) is 0 Å². The molecule has 0 bridgehead atoms. The van der Waals surface area contributed by atoms with Crippen molar-refractivity contribution in [2.75, 3.05) is 5.32 Å². The van der Waals surface area contributed by atoms with Gasteiger partial charge in [0, 0.05) is 11.7 Å². The van der Waals surface area contributed by atoms with Crippen LogP contribution in [0.25, 0.3) is 0 Å². The van der Waals surface area contributed by atoms with Crippen molar-refractivity contribution in [2.24, 2.45) is 5.92 Å². The summed E-state index contributed by atoms with van der Waals surface area (Å²) in [6, 6.07) is 3.01. The van der Waals surface area contributed by atoms with E-state index in [0.717, 1.165) is 18.6 Å². The molecule has 0 saturated heterocycles. The number of nitrogens with one attached hydrogen (secondary N) is 1. The number of rotatable bonds is 4. The second kappa shape index (κ2) is 5.59. The number of hydrogen-bond acceptors (Lipinski definition) is 1. The lowest BCUT2D eigenvalue weighted by Crippen LogP contribution is -2.23. The Morgan fingerprint density at radius 3 is 2.33 bits per heavy atom. The molecule has 1 aromatic rings. The summed E-state index contributed by atoms with van der Waals surface area (Å²) in [5, 5.41) is 2.97. The van der Waals surface area contributed by atoms with E-state index in [9.17, 15) is 17.6 Å². The Hall–Kier alpha value is -1.26. The molecule has 0 saturated carbocycles. The molecule has 2 unspecified atom stereocenters. The first-order valence-electron chi connectivity index (χ1n) is 5.89. The number of benzene rings is 1. The van der Waals surface area contributed by atoms with Gasteiger partial charge in [0.1, 0.15) is 5.82 Å².